The van der Waals surface area contributed by atoms with E-state index in [1.807, 2.05) is 29.9 Å². The zero-order valence-corrected chi connectivity index (χ0v) is 5.70. The summed E-state index contributed by atoms with van der Waals surface area (Å²) in [5.74, 6) is 0. The van der Waals surface area contributed by atoms with E-state index in [2.05, 4.69) is 11.1 Å². The molecule has 0 saturated heterocycles. The summed E-state index contributed by atoms with van der Waals surface area (Å²) < 4.78 is 1.99. The lowest BCUT2D eigenvalue weighted by molar-refractivity contribution is 0.948. The largest absolute Gasteiger partial charge is 0.336 e. The highest BCUT2D eigenvalue weighted by atomic mass is 15.0. The van der Waals surface area contributed by atoms with Crippen molar-refractivity contribution in [2.45, 2.75) is 0 Å². The quantitative estimate of drug-likeness (QED) is 0.528. The number of hydrogen-bond acceptors (Lipinski definition) is 1. The number of pyridine rings is 1. The zero-order valence-electron chi connectivity index (χ0n) is 5.70. The first-order valence-electron chi connectivity index (χ1n) is 3.15. The van der Waals surface area contributed by atoms with Crippen LogP contribution >= 0.6 is 0 Å². The molecule has 0 atom stereocenters. The average Bonchev–Trinajstić information content (AvgIpc) is 2.34. The van der Waals surface area contributed by atoms with Crippen molar-refractivity contribution < 1.29 is 0 Å². The SMILES string of the molecule is Cn1ccc2c[c]cnc21. The second kappa shape index (κ2) is 1.84. The van der Waals surface area contributed by atoms with Crippen LogP contribution in [-0.2, 0) is 7.05 Å². The van der Waals surface area contributed by atoms with Gasteiger partial charge in [0.15, 0.2) is 0 Å². The van der Waals surface area contributed by atoms with Crippen molar-refractivity contribution in [3.8, 4) is 0 Å². The maximum atomic E-state index is 4.15. The van der Waals surface area contributed by atoms with E-state index in [0.717, 1.165) is 11.0 Å². The Kier molecular flexibility index (Phi) is 1.01. The van der Waals surface area contributed by atoms with Gasteiger partial charge in [-0.15, -0.1) is 0 Å². The van der Waals surface area contributed by atoms with E-state index in [4.69, 9.17) is 0 Å². The maximum absolute atomic E-state index is 4.15. The summed E-state index contributed by atoms with van der Waals surface area (Å²) in [5, 5.41) is 1.14. The number of nitrogens with zero attached hydrogens (tertiary/aromatic N) is 2. The molecule has 0 saturated carbocycles. The molecule has 1 radical (unpaired) electrons. The van der Waals surface area contributed by atoms with Crippen LogP contribution in [0.2, 0.25) is 0 Å². The smallest absolute Gasteiger partial charge is 0.139 e. The van der Waals surface area contributed by atoms with E-state index in [0.29, 0.717) is 0 Å². The fraction of sp³-hybridized carbons (Fsp3) is 0.125. The van der Waals surface area contributed by atoms with Gasteiger partial charge in [0.1, 0.15) is 5.65 Å². The van der Waals surface area contributed by atoms with Crippen LogP contribution in [0.3, 0.4) is 0 Å². The van der Waals surface area contributed by atoms with Crippen molar-refractivity contribution in [3.05, 3.63) is 30.6 Å². The highest BCUT2D eigenvalue weighted by Gasteiger charge is 1.94. The van der Waals surface area contributed by atoms with Crippen LogP contribution < -0.4 is 0 Å². The Morgan fingerprint density at radius 1 is 1.60 bits per heavy atom. The predicted octanol–water partition coefficient (Wildman–Crippen LogP) is 1.37. The van der Waals surface area contributed by atoms with Crippen molar-refractivity contribution in [3.63, 3.8) is 0 Å². The fourth-order valence-corrected chi connectivity index (χ4v) is 1.04. The van der Waals surface area contributed by atoms with E-state index in [-0.39, 0.29) is 0 Å². The fourth-order valence-electron chi connectivity index (χ4n) is 1.04. The van der Waals surface area contributed by atoms with E-state index in [1.165, 1.54) is 0 Å². The molecule has 2 heterocycles. The predicted molar refractivity (Wildman–Crippen MR) is 39.6 cm³/mol. The van der Waals surface area contributed by atoms with Crippen LogP contribution in [0, 0.1) is 6.07 Å². The standard InChI is InChI=1S/C8H7N2/c1-10-6-4-7-3-2-5-9-8(7)10/h3-6H,1H3. The van der Waals surface area contributed by atoms with Gasteiger partial charge in [-0.05, 0) is 12.1 Å². The van der Waals surface area contributed by atoms with Crippen LogP contribution in [0.15, 0.2) is 24.5 Å². The molecule has 0 aliphatic carbocycles. The zero-order chi connectivity index (χ0) is 6.97. The van der Waals surface area contributed by atoms with Gasteiger partial charge in [0.05, 0.1) is 0 Å². The summed E-state index contributed by atoms with van der Waals surface area (Å²) in [5.41, 5.74) is 1.01. The molecule has 0 aromatic carbocycles. The summed E-state index contributed by atoms with van der Waals surface area (Å²) in [6.45, 7) is 0. The summed E-state index contributed by atoms with van der Waals surface area (Å²) in [6.07, 6.45) is 3.67. The van der Waals surface area contributed by atoms with Crippen LogP contribution in [0.25, 0.3) is 11.0 Å². The molecular weight excluding hydrogens is 124 g/mol. The highest BCUT2D eigenvalue weighted by molar-refractivity contribution is 5.75. The minimum atomic E-state index is 1.01. The molecule has 0 amide bonds. The molecule has 2 aromatic heterocycles. The summed E-state index contributed by atoms with van der Waals surface area (Å²) >= 11 is 0. The van der Waals surface area contributed by atoms with E-state index >= 15 is 0 Å². The number of fused-ring (bicyclic) bond motifs is 1. The van der Waals surface area contributed by atoms with Gasteiger partial charge in [0, 0.05) is 30.9 Å². The van der Waals surface area contributed by atoms with Crippen LogP contribution in [0.4, 0.5) is 0 Å². The summed E-state index contributed by atoms with van der Waals surface area (Å²) in [7, 11) is 1.98. The van der Waals surface area contributed by atoms with Crippen molar-refractivity contribution in [1.29, 1.82) is 0 Å². The van der Waals surface area contributed by atoms with Gasteiger partial charge in [-0.25, -0.2) is 4.98 Å². The van der Waals surface area contributed by atoms with Gasteiger partial charge in [0.2, 0.25) is 0 Å². The Labute approximate surface area is 59.1 Å². The van der Waals surface area contributed by atoms with Crippen molar-refractivity contribution in [2.75, 3.05) is 0 Å². The molecule has 2 rings (SSSR count). The summed E-state index contributed by atoms with van der Waals surface area (Å²) in [6, 6.07) is 6.88. The van der Waals surface area contributed by atoms with Crippen molar-refractivity contribution in [2.24, 2.45) is 7.05 Å². The van der Waals surface area contributed by atoms with Crippen LogP contribution in [0.5, 0.6) is 0 Å². The molecule has 10 heavy (non-hydrogen) atoms. The maximum Gasteiger partial charge on any atom is 0.139 e. The van der Waals surface area contributed by atoms with Crippen LogP contribution in [0.1, 0.15) is 0 Å². The third-order valence-corrected chi connectivity index (χ3v) is 1.57. The van der Waals surface area contributed by atoms with E-state index in [1.54, 1.807) is 6.20 Å². The second-order valence-corrected chi connectivity index (χ2v) is 2.27. The lowest BCUT2D eigenvalue weighted by atomic mass is 10.3. The molecule has 49 valence electrons. The molecule has 0 aliphatic heterocycles. The molecule has 0 spiro atoms. The topological polar surface area (TPSA) is 17.8 Å². The minimum Gasteiger partial charge on any atom is -0.336 e. The minimum absolute atomic E-state index is 1.01. The van der Waals surface area contributed by atoms with Crippen molar-refractivity contribution >= 4 is 11.0 Å². The third kappa shape index (κ3) is 0.620. The Balaban J connectivity index is 2.93. The number of aromatic nitrogens is 2. The van der Waals surface area contributed by atoms with Gasteiger partial charge in [-0.3, -0.25) is 0 Å². The molecule has 0 N–H and O–H groups in total. The Bertz CT molecular complexity index is 349. The van der Waals surface area contributed by atoms with Gasteiger partial charge in [-0.2, -0.15) is 0 Å². The molecule has 0 unspecified atom stereocenters. The normalized spacial score (nSPS) is 10.5. The molecule has 2 heteroatoms. The first kappa shape index (κ1) is 5.47. The molecular formula is C8H7N2. The Morgan fingerprint density at radius 2 is 2.50 bits per heavy atom. The van der Waals surface area contributed by atoms with Gasteiger partial charge >= 0.3 is 0 Å². The molecule has 0 bridgehead atoms. The van der Waals surface area contributed by atoms with E-state index in [9.17, 15) is 0 Å². The van der Waals surface area contributed by atoms with Gasteiger partial charge in [-0.1, -0.05) is 0 Å². The molecule has 0 fully saturated rings. The Hall–Kier alpha value is -1.31. The monoisotopic (exact) mass is 131 g/mol. The van der Waals surface area contributed by atoms with Gasteiger partial charge in [0.25, 0.3) is 0 Å². The van der Waals surface area contributed by atoms with Gasteiger partial charge < -0.3 is 4.57 Å². The first-order valence-corrected chi connectivity index (χ1v) is 3.15. The third-order valence-electron chi connectivity index (χ3n) is 1.57. The van der Waals surface area contributed by atoms with Crippen molar-refractivity contribution in [1.82, 2.24) is 9.55 Å². The highest BCUT2D eigenvalue weighted by Crippen LogP contribution is 2.08. The molecule has 2 aromatic rings. The average molecular weight is 131 g/mol. The van der Waals surface area contributed by atoms with Crippen LogP contribution in [-0.4, -0.2) is 9.55 Å². The lowest BCUT2D eigenvalue weighted by Crippen LogP contribution is -1.85. The summed E-state index contributed by atoms with van der Waals surface area (Å²) in [4.78, 5) is 4.15. The number of rotatable bonds is 0. The number of hydrogen-bond donors (Lipinski definition) is 0. The second-order valence-electron chi connectivity index (χ2n) is 2.27. The first-order chi connectivity index (χ1) is 4.88. The Morgan fingerprint density at radius 3 is 3.30 bits per heavy atom. The molecule has 2 nitrogen and oxygen atoms in total. The van der Waals surface area contributed by atoms with E-state index < -0.39 is 0 Å². The lowest BCUT2D eigenvalue weighted by Gasteiger charge is -1.90. The molecule has 0 aliphatic rings. The number of aryl methyl sites for hydroxylation is 1.